The predicted molar refractivity (Wildman–Crippen MR) is 90.0 cm³/mol. The Morgan fingerprint density at radius 3 is 2.87 bits per heavy atom. The number of aromatic hydroxyl groups is 1. The van der Waals surface area contributed by atoms with E-state index >= 15 is 0 Å². The molecule has 3 rings (SSSR count). The van der Waals surface area contributed by atoms with Gasteiger partial charge < -0.3 is 19.9 Å². The number of aromatic nitrogens is 1. The summed E-state index contributed by atoms with van der Waals surface area (Å²) in [5, 5.41) is 13.0. The lowest BCUT2D eigenvalue weighted by molar-refractivity contribution is 0.0934. The van der Waals surface area contributed by atoms with Crippen LogP contribution in [0.25, 0.3) is 5.69 Å². The van der Waals surface area contributed by atoms with Crippen molar-refractivity contribution < 1.29 is 9.90 Å². The number of benzene rings is 1. The van der Waals surface area contributed by atoms with E-state index in [0.717, 1.165) is 25.2 Å². The highest BCUT2D eigenvalue weighted by molar-refractivity contribution is 5.97. The van der Waals surface area contributed by atoms with Gasteiger partial charge in [0.05, 0.1) is 5.56 Å². The molecule has 1 aliphatic rings. The highest BCUT2D eigenvalue weighted by Crippen LogP contribution is 2.21. The van der Waals surface area contributed by atoms with Crippen molar-refractivity contribution in [2.45, 2.75) is 12.8 Å². The summed E-state index contributed by atoms with van der Waals surface area (Å²) >= 11 is 0. The van der Waals surface area contributed by atoms with Crippen molar-refractivity contribution in [2.24, 2.45) is 5.92 Å². The first-order chi connectivity index (χ1) is 11.1. The summed E-state index contributed by atoms with van der Waals surface area (Å²) in [4.78, 5) is 14.7. The lowest BCUT2D eigenvalue weighted by Gasteiger charge is -2.29. The third-order valence-corrected chi connectivity index (χ3v) is 4.40. The number of hydrogen-bond donors (Lipinski definition) is 2. The van der Waals surface area contributed by atoms with Gasteiger partial charge in [-0.1, -0.05) is 0 Å². The first kappa shape index (κ1) is 15.6. The van der Waals surface area contributed by atoms with Gasteiger partial charge in [-0.25, -0.2) is 0 Å². The molecule has 23 heavy (non-hydrogen) atoms. The molecule has 0 spiro atoms. The zero-order valence-corrected chi connectivity index (χ0v) is 13.4. The molecule has 0 aliphatic carbocycles. The third kappa shape index (κ3) is 3.74. The molecule has 1 atom stereocenters. The molecular formula is C18H23N3O2. The molecule has 2 N–H and O–H groups in total. The second-order valence-corrected chi connectivity index (χ2v) is 6.27. The van der Waals surface area contributed by atoms with Gasteiger partial charge in [0.15, 0.2) is 0 Å². The first-order valence-corrected chi connectivity index (χ1v) is 8.06. The number of hydrogen-bond acceptors (Lipinski definition) is 3. The largest absolute Gasteiger partial charge is 0.507 e. The number of piperidine rings is 1. The Labute approximate surface area is 136 Å². The van der Waals surface area contributed by atoms with Crippen molar-refractivity contribution in [1.29, 1.82) is 0 Å². The quantitative estimate of drug-likeness (QED) is 0.910. The van der Waals surface area contributed by atoms with E-state index in [9.17, 15) is 9.90 Å². The number of phenolic OH excluding ortho intramolecular Hbond substituents is 1. The lowest BCUT2D eigenvalue weighted by Crippen LogP contribution is -2.39. The number of amides is 1. The topological polar surface area (TPSA) is 57.5 Å². The molecule has 2 heterocycles. The maximum atomic E-state index is 12.4. The maximum absolute atomic E-state index is 12.4. The van der Waals surface area contributed by atoms with Crippen molar-refractivity contribution in [1.82, 2.24) is 14.8 Å². The van der Waals surface area contributed by atoms with Crippen molar-refractivity contribution in [3.8, 4) is 11.4 Å². The van der Waals surface area contributed by atoms with Crippen LogP contribution in [0, 0.1) is 5.92 Å². The molecule has 0 unspecified atom stereocenters. The van der Waals surface area contributed by atoms with Crippen LogP contribution in [0.4, 0.5) is 0 Å². The minimum atomic E-state index is -0.218. The van der Waals surface area contributed by atoms with Gasteiger partial charge in [-0.3, -0.25) is 4.79 Å². The molecule has 2 aromatic rings. The molecule has 1 aliphatic heterocycles. The second-order valence-electron chi connectivity index (χ2n) is 6.27. The Morgan fingerprint density at radius 2 is 2.13 bits per heavy atom. The smallest absolute Gasteiger partial charge is 0.255 e. The standard InChI is InChI=1S/C18H23N3O2/c1-20-8-4-5-14(13-20)12-19-18(23)16-11-15(6-7-17(16)22)21-9-2-3-10-21/h2-3,6-7,9-11,14,22H,4-5,8,12-13H2,1H3,(H,19,23)/t14-/m0/s1. The van der Waals surface area contributed by atoms with Crippen molar-refractivity contribution in [3.63, 3.8) is 0 Å². The minimum absolute atomic E-state index is 0.0131. The summed E-state index contributed by atoms with van der Waals surface area (Å²) in [5.74, 6) is 0.274. The van der Waals surface area contributed by atoms with E-state index < -0.39 is 0 Å². The van der Waals surface area contributed by atoms with Crippen LogP contribution in [0.3, 0.4) is 0 Å². The zero-order chi connectivity index (χ0) is 16.2. The SMILES string of the molecule is CN1CCC[C@@H](CNC(=O)c2cc(-n3cccc3)ccc2O)C1. The highest BCUT2D eigenvalue weighted by Gasteiger charge is 2.19. The summed E-state index contributed by atoms with van der Waals surface area (Å²) < 4.78 is 1.91. The summed E-state index contributed by atoms with van der Waals surface area (Å²) in [7, 11) is 2.11. The molecule has 122 valence electrons. The Balaban J connectivity index is 1.68. The number of rotatable bonds is 4. The molecule has 0 radical (unpaired) electrons. The number of nitrogens with one attached hydrogen (secondary N) is 1. The fourth-order valence-electron chi connectivity index (χ4n) is 3.15. The molecular weight excluding hydrogens is 290 g/mol. The second kappa shape index (κ2) is 6.87. The average molecular weight is 313 g/mol. The summed E-state index contributed by atoms with van der Waals surface area (Å²) in [5.41, 5.74) is 1.18. The van der Waals surface area contributed by atoms with Crippen LogP contribution in [0.5, 0.6) is 5.75 Å². The van der Waals surface area contributed by atoms with E-state index in [1.165, 1.54) is 6.42 Å². The summed E-state index contributed by atoms with van der Waals surface area (Å²) in [6.07, 6.45) is 6.13. The number of likely N-dealkylation sites (tertiary alicyclic amines) is 1. The number of nitrogens with zero attached hydrogens (tertiary/aromatic N) is 2. The van der Waals surface area contributed by atoms with Gasteiger partial charge in [0.25, 0.3) is 5.91 Å². The van der Waals surface area contributed by atoms with Crippen LogP contribution >= 0.6 is 0 Å². The van der Waals surface area contributed by atoms with Crippen LogP contribution in [0.15, 0.2) is 42.7 Å². The molecule has 1 saturated heterocycles. The normalized spacial score (nSPS) is 18.7. The van der Waals surface area contributed by atoms with Crippen LogP contribution < -0.4 is 5.32 Å². The first-order valence-electron chi connectivity index (χ1n) is 8.06. The van der Waals surface area contributed by atoms with E-state index in [-0.39, 0.29) is 11.7 Å². The Hall–Kier alpha value is -2.27. The van der Waals surface area contributed by atoms with Crippen molar-refractivity contribution in [3.05, 3.63) is 48.3 Å². The van der Waals surface area contributed by atoms with E-state index in [1.54, 1.807) is 18.2 Å². The van der Waals surface area contributed by atoms with Crippen LogP contribution in [-0.4, -0.2) is 47.2 Å². The van der Waals surface area contributed by atoms with E-state index in [2.05, 4.69) is 17.3 Å². The van der Waals surface area contributed by atoms with Gasteiger partial charge in [-0.15, -0.1) is 0 Å². The maximum Gasteiger partial charge on any atom is 0.255 e. The zero-order valence-electron chi connectivity index (χ0n) is 13.4. The number of carbonyl (C=O) groups excluding carboxylic acids is 1. The summed E-state index contributed by atoms with van der Waals surface area (Å²) in [6.45, 7) is 2.79. The molecule has 1 aromatic heterocycles. The third-order valence-electron chi connectivity index (χ3n) is 4.40. The van der Waals surface area contributed by atoms with E-state index in [1.807, 2.05) is 29.1 Å². The van der Waals surface area contributed by atoms with Crippen LogP contribution in [-0.2, 0) is 0 Å². The fraction of sp³-hybridized carbons (Fsp3) is 0.389. The molecule has 1 amide bonds. The van der Waals surface area contributed by atoms with E-state index in [0.29, 0.717) is 18.0 Å². The van der Waals surface area contributed by atoms with Gasteiger partial charge in [-0.05, 0) is 62.7 Å². The average Bonchev–Trinajstić information content (AvgIpc) is 3.07. The van der Waals surface area contributed by atoms with Crippen molar-refractivity contribution >= 4 is 5.91 Å². The molecule has 5 heteroatoms. The monoisotopic (exact) mass is 313 g/mol. The highest BCUT2D eigenvalue weighted by atomic mass is 16.3. The van der Waals surface area contributed by atoms with Gasteiger partial charge in [-0.2, -0.15) is 0 Å². The van der Waals surface area contributed by atoms with Gasteiger partial charge >= 0.3 is 0 Å². The van der Waals surface area contributed by atoms with Crippen molar-refractivity contribution in [2.75, 3.05) is 26.7 Å². The molecule has 1 aromatic carbocycles. The van der Waals surface area contributed by atoms with E-state index in [4.69, 9.17) is 0 Å². The molecule has 1 fully saturated rings. The molecule has 0 saturated carbocycles. The Kier molecular flexibility index (Phi) is 4.67. The molecule has 0 bridgehead atoms. The predicted octanol–water partition coefficient (Wildman–Crippen LogP) is 2.25. The van der Waals surface area contributed by atoms with Gasteiger partial charge in [0.2, 0.25) is 0 Å². The van der Waals surface area contributed by atoms with Crippen LogP contribution in [0.2, 0.25) is 0 Å². The lowest BCUT2D eigenvalue weighted by atomic mass is 9.98. The van der Waals surface area contributed by atoms with Crippen LogP contribution in [0.1, 0.15) is 23.2 Å². The summed E-state index contributed by atoms with van der Waals surface area (Å²) in [6, 6.07) is 8.93. The Bertz CT molecular complexity index is 667. The van der Waals surface area contributed by atoms with Gasteiger partial charge in [0.1, 0.15) is 5.75 Å². The number of phenols is 1. The Morgan fingerprint density at radius 1 is 1.35 bits per heavy atom. The number of carbonyl (C=O) groups is 1. The molecule has 5 nitrogen and oxygen atoms in total. The fourth-order valence-corrected chi connectivity index (χ4v) is 3.15. The minimum Gasteiger partial charge on any atom is -0.507 e. The van der Waals surface area contributed by atoms with Gasteiger partial charge in [0, 0.05) is 31.2 Å².